The number of carbonyl (C=O) groups is 1. The maximum Gasteiger partial charge on any atom is 0.317 e. The zero-order valence-electron chi connectivity index (χ0n) is 12.4. The minimum Gasteiger partial charge on any atom is -0.337 e. The van der Waals surface area contributed by atoms with Crippen molar-refractivity contribution in [3.63, 3.8) is 0 Å². The van der Waals surface area contributed by atoms with Crippen LogP contribution in [0.4, 0.5) is 10.7 Å². The van der Waals surface area contributed by atoms with Gasteiger partial charge >= 0.3 is 6.03 Å². The van der Waals surface area contributed by atoms with Crippen LogP contribution in [0.5, 0.6) is 0 Å². The van der Waals surface area contributed by atoms with E-state index >= 15 is 0 Å². The molecule has 0 aliphatic carbocycles. The van der Waals surface area contributed by atoms with E-state index in [4.69, 9.17) is 0 Å². The molecule has 0 saturated carbocycles. The van der Waals surface area contributed by atoms with Gasteiger partial charge in [0.25, 0.3) is 0 Å². The van der Waals surface area contributed by atoms with E-state index in [-0.39, 0.29) is 6.03 Å². The molecule has 2 aromatic rings. The van der Waals surface area contributed by atoms with Crippen LogP contribution in [0.2, 0.25) is 0 Å². The zero-order chi connectivity index (χ0) is 15.4. The summed E-state index contributed by atoms with van der Waals surface area (Å²) in [6.07, 6.45) is 3.47. The van der Waals surface area contributed by atoms with Crippen molar-refractivity contribution in [3.8, 4) is 0 Å². The van der Waals surface area contributed by atoms with Crippen LogP contribution in [-0.2, 0) is 6.54 Å². The predicted molar refractivity (Wildman–Crippen MR) is 84.9 cm³/mol. The largest absolute Gasteiger partial charge is 0.337 e. The maximum absolute atomic E-state index is 12.2. The Labute approximate surface area is 133 Å². The monoisotopic (exact) mass is 318 g/mol. The van der Waals surface area contributed by atoms with Gasteiger partial charge in [-0.25, -0.2) is 19.7 Å². The number of carbonyl (C=O) groups excluding carboxylic acids is 1. The number of nitrogens with one attached hydrogen (secondary N) is 1. The number of nitrogens with zero attached hydrogens (tertiary/aromatic N) is 5. The molecule has 0 radical (unpaired) electrons. The average Bonchev–Trinajstić information content (AvgIpc) is 2.99. The number of urea groups is 1. The third kappa shape index (κ3) is 3.51. The molecule has 1 fully saturated rings. The van der Waals surface area contributed by atoms with E-state index in [0.29, 0.717) is 19.6 Å². The van der Waals surface area contributed by atoms with Gasteiger partial charge in [0, 0.05) is 49.6 Å². The maximum atomic E-state index is 12.2. The molecule has 116 valence electrons. The Morgan fingerprint density at radius 1 is 1.27 bits per heavy atom. The Kier molecular flexibility index (Phi) is 4.47. The third-order valence-corrected chi connectivity index (χ3v) is 4.43. The quantitative estimate of drug-likeness (QED) is 0.922. The van der Waals surface area contributed by atoms with Gasteiger partial charge in [0.2, 0.25) is 5.95 Å². The van der Waals surface area contributed by atoms with Crippen molar-refractivity contribution < 1.29 is 4.79 Å². The molecule has 2 aromatic heterocycles. The standard InChI is InChI=1S/C14H18N6OS/c1-11-10-22-12(18-11)9-17-14(21)20-7-5-19(6-8-20)13-15-3-2-4-16-13/h2-4,10H,5-9H2,1H3,(H,17,21). The van der Waals surface area contributed by atoms with E-state index in [9.17, 15) is 4.79 Å². The van der Waals surface area contributed by atoms with Gasteiger partial charge in [-0.2, -0.15) is 0 Å². The normalized spacial score (nSPS) is 15.0. The SMILES string of the molecule is Cc1csc(CNC(=O)N2CCN(c3ncccn3)CC2)n1. The summed E-state index contributed by atoms with van der Waals surface area (Å²) in [6.45, 7) is 5.26. The van der Waals surface area contributed by atoms with E-state index in [1.54, 1.807) is 29.8 Å². The molecule has 1 aliphatic heterocycles. The van der Waals surface area contributed by atoms with Crippen molar-refractivity contribution in [2.75, 3.05) is 31.1 Å². The van der Waals surface area contributed by atoms with Crippen molar-refractivity contribution in [1.29, 1.82) is 0 Å². The fourth-order valence-corrected chi connectivity index (χ4v) is 3.02. The Morgan fingerprint density at radius 2 is 2.00 bits per heavy atom. The summed E-state index contributed by atoms with van der Waals surface area (Å²) in [7, 11) is 0. The Hall–Kier alpha value is -2.22. The Bertz CT molecular complexity index is 623. The van der Waals surface area contributed by atoms with Crippen LogP contribution in [0.25, 0.3) is 0 Å². The predicted octanol–water partition coefficient (Wildman–Crippen LogP) is 1.27. The summed E-state index contributed by atoms with van der Waals surface area (Å²) in [4.78, 5) is 28.9. The molecule has 1 N–H and O–H groups in total. The minimum absolute atomic E-state index is 0.0403. The van der Waals surface area contributed by atoms with Gasteiger partial charge in [0.05, 0.1) is 6.54 Å². The van der Waals surface area contributed by atoms with Crippen LogP contribution in [0.3, 0.4) is 0 Å². The van der Waals surface area contributed by atoms with Crippen LogP contribution < -0.4 is 10.2 Å². The molecule has 22 heavy (non-hydrogen) atoms. The fraction of sp³-hybridized carbons (Fsp3) is 0.429. The number of anilines is 1. The molecule has 1 saturated heterocycles. The molecular formula is C14H18N6OS. The highest BCUT2D eigenvalue weighted by Crippen LogP contribution is 2.11. The lowest BCUT2D eigenvalue weighted by molar-refractivity contribution is 0.193. The lowest BCUT2D eigenvalue weighted by Crippen LogP contribution is -2.52. The van der Waals surface area contributed by atoms with Crippen LogP contribution in [0.15, 0.2) is 23.8 Å². The first-order chi connectivity index (χ1) is 10.7. The molecule has 0 aromatic carbocycles. The molecule has 2 amide bonds. The Morgan fingerprint density at radius 3 is 2.64 bits per heavy atom. The van der Waals surface area contributed by atoms with Gasteiger partial charge < -0.3 is 15.1 Å². The number of aromatic nitrogens is 3. The second kappa shape index (κ2) is 6.69. The van der Waals surface area contributed by atoms with Gasteiger partial charge in [-0.15, -0.1) is 11.3 Å². The highest BCUT2D eigenvalue weighted by atomic mass is 32.1. The number of aryl methyl sites for hydroxylation is 1. The smallest absolute Gasteiger partial charge is 0.317 e. The second-order valence-corrected chi connectivity index (χ2v) is 6.01. The average molecular weight is 318 g/mol. The summed E-state index contributed by atoms with van der Waals surface area (Å²) < 4.78 is 0. The molecule has 3 rings (SSSR count). The summed E-state index contributed by atoms with van der Waals surface area (Å²) in [5.74, 6) is 0.723. The highest BCUT2D eigenvalue weighted by molar-refractivity contribution is 7.09. The first-order valence-corrected chi connectivity index (χ1v) is 8.06. The Balaban J connectivity index is 1.47. The lowest BCUT2D eigenvalue weighted by atomic mass is 10.3. The molecule has 7 nitrogen and oxygen atoms in total. The molecule has 1 aliphatic rings. The van der Waals surface area contributed by atoms with Crippen molar-refractivity contribution >= 4 is 23.3 Å². The van der Waals surface area contributed by atoms with E-state index in [0.717, 1.165) is 29.7 Å². The fourth-order valence-electron chi connectivity index (χ4n) is 2.31. The van der Waals surface area contributed by atoms with Crippen LogP contribution in [-0.4, -0.2) is 52.1 Å². The number of thiazole rings is 1. The van der Waals surface area contributed by atoms with Gasteiger partial charge in [0.1, 0.15) is 5.01 Å². The number of piperazine rings is 1. The molecule has 8 heteroatoms. The first-order valence-electron chi connectivity index (χ1n) is 7.18. The molecule has 0 atom stereocenters. The number of hydrogen-bond donors (Lipinski definition) is 1. The van der Waals surface area contributed by atoms with Crippen LogP contribution in [0.1, 0.15) is 10.7 Å². The van der Waals surface area contributed by atoms with E-state index in [1.807, 2.05) is 17.2 Å². The second-order valence-electron chi connectivity index (χ2n) is 5.06. The van der Waals surface area contributed by atoms with Crippen molar-refractivity contribution in [3.05, 3.63) is 34.5 Å². The molecule has 3 heterocycles. The zero-order valence-corrected chi connectivity index (χ0v) is 13.2. The highest BCUT2D eigenvalue weighted by Gasteiger charge is 2.22. The van der Waals surface area contributed by atoms with Crippen molar-refractivity contribution in [2.45, 2.75) is 13.5 Å². The molecule has 0 spiro atoms. The van der Waals surface area contributed by atoms with E-state index < -0.39 is 0 Å². The van der Waals surface area contributed by atoms with Gasteiger partial charge in [-0.3, -0.25) is 0 Å². The summed E-state index contributed by atoms with van der Waals surface area (Å²) in [5, 5.41) is 5.84. The summed E-state index contributed by atoms with van der Waals surface area (Å²) >= 11 is 1.57. The topological polar surface area (TPSA) is 74.2 Å². The van der Waals surface area contributed by atoms with Crippen LogP contribution >= 0.6 is 11.3 Å². The van der Waals surface area contributed by atoms with Gasteiger partial charge in [0.15, 0.2) is 0 Å². The van der Waals surface area contributed by atoms with E-state index in [1.165, 1.54) is 0 Å². The van der Waals surface area contributed by atoms with Crippen LogP contribution in [0, 0.1) is 6.92 Å². The lowest BCUT2D eigenvalue weighted by Gasteiger charge is -2.34. The van der Waals surface area contributed by atoms with E-state index in [2.05, 4.69) is 25.2 Å². The number of hydrogen-bond acceptors (Lipinski definition) is 6. The summed E-state index contributed by atoms with van der Waals surface area (Å²) in [5.41, 5.74) is 0.991. The third-order valence-electron chi connectivity index (χ3n) is 3.46. The van der Waals surface area contributed by atoms with Gasteiger partial charge in [-0.05, 0) is 13.0 Å². The van der Waals surface area contributed by atoms with Gasteiger partial charge in [-0.1, -0.05) is 0 Å². The van der Waals surface area contributed by atoms with Crippen molar-refractivity contribution in [2.24, 2.45) is 0 Å². The van der Waals surface area contributed by atoms with Crippen molar-refractivity contribution in [1.82, 2.24) is 25.2 Å². The number of rotatable bonds is 3. The molecular weight excluding hydrogens is 300 g/mol. The molecule has 0 bridgehead atoms. The first kappa shape index (κ1) is 14.7. The summed E-state index contributed by atoms with van der Waals surface area (Å²) in [6, 6.07) is 1.76. The number of amides is 2. The molecule has 0 unspecified atom stereocenters. The minimum atomic E-state index is -0.0403.